The molecule has 2 rings (SSSR count). The predicted molar refractivity (Wildman–Crippen MR) is 47.7 cm³/mol. The smallest absolute Gasteiger partial charge is 0.287 e. The molecule has 0 aromatic rings. The van der Waals surface area contributed by atoms with Gasteiger partial charge in [-0.3, -0.25) is 4.79 Å². The third-order valence-corrected chi connectivity index (χ3v) is 2.57. The van der Waals surface area contributed by atoms with Crippen molar-refractivity contribution in [2.45, 2.75) is 18.9 Å². The molecule has 0 atom stereocenters. The summed E-state index contributed by atoms with van der Waals surface area (Å²) in [6, 6.07) is 0.411. The van der Waals surface area contributed by atoms with Gasteiger partial charge in [0, 0.05) is 17.2 Å². The lowest BCUT2D eigenvalue weighted by Crippen LogP contribution is -2.29. The molecule has 0 aromatic carbocycles. The van der Waals surface area contributed by atoms with Gasteiger partial charge in [-0.2, -0.15) is 0 Å². The summed E-state index contributed by atoms with van der Waals surface area (Å²) in [5.74, 6) is 1.38. The Morgan fingerprint density at radius 2 is 2.50 bits per heavy atom. The Morgan fingerprint density at radius 1 is 1.67 bits per heavy atom. The van der Waals surface area contributed by atoms with E-state index in [1.807, 2.05) is 0 Å². The fraction of sp³-hybridized carbons (Fsp3) is 0.625. The van der Waals surface area contributed by atoms with E-state index >= 15 is 0 Å². The van der Waals surface area contributed by atoms with Gasteiger partial charge in [0.05, 0.1) is 6.61 Å². The lowest BCUT2D eigenvalue weighted by Gasteiger charge is -2.13. The number of hydrogen-bond donors (Lipinski definition) is 1. The van der Waals surface area contributed by atoms with Crippen molar-refractivity contribution in [1.29, 1.82) is 0 Å². The van der Waals surface area contributed by atoms with Gasteiger partial charge in [-0.05, 0) is 12.8 Å². The van der Waals surface area contributed by atoms with E-state index in [-0.39, 0.29) is 5.91 Å². The quantitative estimate of drug-likeness (QED) is 0.693. The minimum absolute atomic E-state index is 0.0512. The van der Waals surface area contributed by atoms with Gasteiger partial charge in [0.2, 0.25) is 0 Å². The minimum Gasteiger partial charge on any atom is -0.487 e. The summed E-state index contributed by atoms with van der Waals surface area (Å²) >= 11 is 1.63. The highest BCUT2D eigenvalue weighted by Crippen LogP contribution is 2.21. The van der Waals surface area contributed by atoms with E-state index in [2.05, 4.69) is 5.32 Å². The highest BCUT2D eigenvalue weighted by atomic mass is 32.2. The van der Waals surface area contributed by atoms with E-state index < -0.39 is 0 Å². The average molecular weight is 185 g/mol. The predicted octanol–water partition coefficient (Wildman–Crippen LogP) is 0.870. The average Bonchev–Trinajstić information content (AvgIpc) is 2.90. The molecule has 0 aromatic heterocycles. The number of hydrogen-bond acceptors (Lipinski definition) is 3. The SMILES string of the molecule is O=C(NC1CC1)C1=CSCCO1. The minimum atomic E-state index is -0.0512. The van der Waals surface area contributed by atoms with Gasteiger partial charge in [-0.15, -0.1) is 11.8 Å². The van der Waals surface area contributed by atoms with Gasteiger partial charge in [0.25, 0.3) is 5.91 Å². The topological polar surface area (TPSA) is 38.3 Å². The fourth-order valence-electron chi connectivity index (χ4n) is 0.972. The monoisotopic (exact) mass is 185 g/mol. The molecule has 1 N–H and O–H groups in total. The summed E-state index contributed by atoms with van der Waals surface area (Å²) in [6.07, 6.45) is 2.23. The Kier molecular flexibility index (Phi) is 2.26. The first-order valence-corrected chi connectivity index (χ1v) is 5.16. The van der Waals surface area contributed by atoms with Crippen LogP contribution >= 0.6 is 11.8 Å². The molecule has 66 valence electrons. The lowest BCUT2D eigenvalue weighted by molar-refractivity contribution is -0.120. The van der Waals surface area contributed by atoms with Crippen LogP contribution in [-0.2, 0) is 9.53 Å². The summed E-state index contributed by atoms with van der Waals surface area (Å²) in [4.78, 5) is 11.3. The molecule has 2 aliphatic rings. The molecule has 0 bridgehead atoms. The molecule has 1 amide bonds. The lowest BCUT2D eigenvalue weighted by atomic mass is 10.5. The highest BCUT2D eigenvalue weighted by molar-refractivity contribution is 8.02. The van der Waals surface area contributed by atoms with Gasteiger partial charge in [0.15, 0.2) is 5.76 Å². The molecule has 1 aliphatic heterocycles. The standard InChI is InChI=1S/C8H11NO2S/c10-8(9-6-1-2-6)7-5-12-4-3-11-7/h5-6H,1-4H2,(H,9,10). The number of carbonyl (C=O) groups excluding carboxylic acids is 1. The third kappa shape index (κ3) is 1.94. The van der Waals surface area contributed by atoms with Crippen LogP contribution in [0.3, 0.4) is 0 Å². The van der Waals surface area contributed by atoms with Crippen LogP contribution in [0.1, 0.15) is 12.8 Å². The normalized spacial score (nSPS) is 22.5. The van der Waals surface area contributed by atoms with Crippen LogP contribution in [0.2, 0.25) is 0 Å². The Hall–Kier alpha value is -0.640. The first-order chi connectivity index (χ1) is 5.86. The van der Waals surface area contributed by atoms with Crippen molar-refractivity contribution in [3.63, 3.8) is 0 Å². The zero-order valence-corrected chi connectivity index (χ0v) is 7.52. The van der Waals surface area contributed by atoms with Gasteiger partial charge >= 0.3 is 0 Å². The Balaban J connectivity index is 1.88. The van der Waals surface area contributed by atoms with E-state index in [0.29, 0.717) is 18.4 Å². The Bertz CT molecular complexity index is 223. The molecule has 4 heteroatoms. The molecule has 0 radical (unpaired) electrons. The number of rotatable bonds is 2. The zero-order valence-electron chi connectivity index (χ0n) is 6.71. The van der Waals surface area contributed by atoms with E-state index in [4.69, 9.17) is 4.74 Å². The Morgan fingerprint density at radius 3 is 3.08 bits per heavy atom. The Labute approximate surface area is 75.5 Å². The molecule has 1 heterocycles. The third-order valence-electron chi connectivity index (χ3n) is 1.79. The first kappa shape index (κ1) is 7.98. The second-order valence-corrected chi connectivity index (χ2v) is 3.93. The first-order valence-electron chi connectivity index (χ1n) is 4.12. The van der Waals surface area contributed by atoms with Gasteiger partial charge in [-0.25, -0.2) is 0 Å². The van der Waals surface area contributed by atoms with E-state index in [9.17, 15) is 4.79 Å². The van der Waals surface area contributed by atoms with Crippen molar-refractivity contribution in [1.82, 2.24) is 5.32 Å². The van der Waals surface area contributed by atoms with E-state index in [1.165, 1.54) is 0 Å². The molecule has 1 fully saturated rings. The van der Waals surface area contributed by atoms with Crippen molar-refractivity contribution in [3.8, 4) is 0 Å². The molecule has 1 aliphatic carbocycles. The second kappa shape index (κ2) is 3.39. The van der Waals surface area contributed by atoms with E-state index in [1.54, 1.807) is 17.2 Å². The molecular weight excluding hydrogens is 174 g/mol. The number of thioether (sulfide) groups is 1. The van der Waals surface area contributed by atoms with Crippen molar-refractivity contribution >= 4 is 17.7 Å². The van der Waals surface area contributed by atoms with Gasteiger partial charge < -0.3 is 10.1 Å². The maximum Gasteiger partial charge on any atom is 0.287 e. The number of nitrogens with one attached hydrogen (secondary N) is 1. The maximum atomic E-state index is 11.3. The molecule has 3 nitrogen and oxygen atoms in total. The van der Waals surface area contributed by atoms with Crippen LogP contribution in [0.5, 0.6) is 0 Å². The van der Waals surface area contributed by atoms with Crippen LogP contribution in [0, 0.1) is 0 Å². The number of amides is 1. The molecule has 0 saturated heterocycles. The zero-order chi connectivity index (χ0) is 8.39. The van der Waals surface area contributed by atoms with Crippen molar-refractivity contribution in [2.24, 2.45) is 0 Å². The number of ether oxygens (including phenoxy) is 1. The number of carbonyl (C=O) groups is 1. The van der Waals surface area contributed by atoms with Gasteiger partial charge in [-0.1, -0.05) is 0 Å². The van der Waals surface area contributed by atoms with Crippen LogP contribution in [-0.4, -0.2) is 24.3 Å². The van der Waals surface area contributed by atoms with E-state index in [0.717, 1.165) is 18.6 Å². The van der Waals surface area contributed by atoms with Crippen LogP contribution in [0.4, 0.5) is 0 Å². The van der Waals surface area contributed by atoms with Crippen LogP contribution in [0.25, 0.3) is 0 Å². The fourth-order valence-corrected chi connectivity index (χ4v) is 1.60. The highest BCUT2D eigenvalue weighted by Gasteiger charge is 2.25. The molecule has 12 heavy (non-hydrogen) atoms. The summed E-state index contributed by atoms with van der Waals surface area (Å²) in [6.45, 7) is 0.647. The molecule has 1 saturated carbocycles. The summed E-state index contributed by atoms with van der Waals surface area (Å²) in [5, 5.41) is 4.67. The molecular formula is C8H11NO2S. The molecule has 0 spiro atoms. The van der Waals surface area contributed by atoms with Gasteiger partial charge in [0.1, 0.15) is 0 Å². The van der Waals surface area contributed by atoms with Crippen LogP contribution in [0.15, 0.2) is 11.2 Å². The maximum absolute atomic E-state index is 11.3. The summed E-state index contributed by atoms with van der Waals surface area (Å²) < 4.78 is 5.20. The summed E-state index contributed by atoms with van der Waals surface area (Å²) in [7, 11) is 0. The van der Waals surface area contributed by atoms with Crippen molar-refractivity contribution in [3.05, 3.63) is 11.2 Å². The largest absolute Gasteiger partial charge is 0.487 e. The van der Waals surface area contributed by atoms with Crippen LogP contribution < -0.4 is 5.32 Å². The van der Waals surface area contributed by atoms with Crippen molar-refractivity contribution in [2.75, 3.05) is 12.4 Å². The molecule has 0 unspecified atom stereocenters. The second-order valence-electron chi connectivity index (χ2n) is 2.95. The summed E-state index contributed by atoms with van der Waals surface area (Å²) in [5.41, 5.74) is 0. The van der Waals surface area contributed by atoms with Crippen molar-refractivity contribution < 1.29 is 9.53 Å².